The number of carbonyl (C=O) groups excluding carboxylic acids is 1. The quantitative estimate of drug-likeness (QED) is 0.677. The summed E-state index contributed by atoms with van der Waals surface area (Å²) in [5.41, 5.74) is 5.73. The first-order chi connectivity index (χ1) is 9.88. The summed E-state index contributed by atoms with van der Waals surface area (Å²) >= 11 is 4.77. The molecule has 0 fully saturated rings. The van der Waals surface area contributed by atoms with Crippen molar-refractivity contribution in [2.45, 2.75) is 0 Å². The number of carbonyl (C=O) groups is 1. The van der Waals surface area contributed by atoms with Crippen LogP contribution in [0.4, 0.5) is 18.9 Å². The lowest BCUT2D eigenvalue weighted by molar-refractivity contribution is 0.102. The van der Waals surface area contributed by atoms with Gasteiger partial charge in [-0.3, -0.25) is 4.79 Å². The Hall–Kier alpha value is -2.41. The van der Waals surface area contributed by atoms with E-state index in [1.807, 2.05) is 0 Å². The Kier molecular flexibility index (Phi) is 4.23. The molecule has 108 valence electrons. The van der Waals surface area contributed by atoms with Crippen LogP contribution in [-0.2, 0) is 0 Å². The van der Waals surface area contributed by atoms with Crippen molar-refractivity contribution in [3.63, 3.8) is 0 Å². The molecule has 0 saturated carbocycles. The smallest absolute Gasteiger partial charge is 0.255 e. The van der Waals surface area contributed by atoms with Crippen LogP contribution in [0.1, 0.15) is 15.9 Å². The zero-order valence-electron chi connectivity index (χ0n) is 10.5. The average molecular weight is 310 g/mol. The molecule has 0 saturated heterocycles. The molecule has 1 amide bonds. The van der Waals surface area contributed by atoms with Gasteiger partial charge in [-0.25, -0.2) is 13.2 Å². The predicted octanol–water partition coefficient (Wildman–Crippen LogP) is 2.99. The maximum Gasteiger partial charge on any atom is 0.255 e. The summed E-state index contributed by atoms with van der Waals surface area (Å²) < 4.78 is 39.2. The van der Waals surface area contributed by atoms with Crippen molar-refractivity contribution < 1.29 is 18.0 Å². The first kappa shape index (κ1) is 15.0. The number of anilines is 1. The number of nitrogens with two attached hydrogens (primary N) is 1. The number of halogens is 3. The fraction of sp³-hybridized carbons (Fsp3) is 0. The Morgan fingerprint density at radius 1 is 0.952 bits per heavy atom. The minimum atomic E-state index is -1.33. The van der Waals surface area contributed by atoms with Gasteiger partial charge in [0, 0.05) is 23.3 Å². The maximum absolute atomic E-state index is 13.4. The standard InChI is InChI=1S/C14H9F3N2OS/c15-9-5-11(17)12(6-10(9)16)19-14(20)8-3-1-7(2-4-8)13(18)21/h1-6H,(H2,18,21)(H,19,20). The zero-order chi connectivity index (χ0) is 15.6. The van der Waals surface area contributed by atoms with E-state index in [0.717, 1.165) is 0 Å². The van der Waals surface area contributed by atoms with Crippen LogP contribution in [0.5, 0.6) is 0 Å². The predicted molar refractivity (Wildman–Crippen MR) is 76.6 cm³/mol. The van der Waals surface area contributed by atoms with Crippen molar-refractivity contribution in [3.8, 4) is 0 Å². The summed E-state index contributed by atoms with van der Waals surface area (Å²) in [6, 6.07) is 6.85. The summed E-state index contributed by atoms with van der Waals surface area (Å²) in [5, 5.41) is 2.16. The maximum atomic E-state index is 13.4. The molecular formula is C14H9F3N2OS. The monoisotopic (exact) mass is 310 g/mol. The van der Waals surface area contributed by atoms with Gasteiger partial charge in [-0.1, -0.05) is 24.4 Å². The van der Waals surface area contributed by atoms with Crippen molar-refractivity contribution in [1.29, 1.82) is 0 Å². The normalized spacial score (nSPS) is 10.2. The highest BCUT2D eigenvalue weighted by atomic mass is 32.1. The van der Waals surface area contributed by atoms with Gasteiger partial charge in [0.2, 0.25) is 0 Å². The molecule has 2 aromatic carbocycles. The van der Waals surface area contributed by atoms with E-state index in [2.05, 4.69) is 5.32 Å². The minimum absolute atomic E-state index is 0.175. The van der Waals surface area contributed by atoms with E-state index in [0.29, 0.717) is 17.7 Å². The number of hydrogen-bond donors (Lipinski definition) is 2. The number of nitrogens with one attached hydrogen (secondary N) is 1. The van der Waals surface area contributed by atoms with E-state index >= 15 is 0 Å². The molecule has 7 heteroatoms. The molecule has 21 heavy (non-hydrogen) atoms. The van der Waals surface area contributed by atoms with Gasteiger partial charge < -0.3 is 11.1 Å². The second kappa shape index (κ2) is 5.92. The molecule has 0 aromatic heterocycles. The van der Waals surface area contributed by atoms with E-state index < -0.39 is 29.0 Å². The summed E-state index contributed by atoms with van der Waals surface area (Å²) in [4.78, 5) is 12.1. The highest BCUT2D eigenvalue weighted by Crippen LogP contribution is 2.19. The number of hydrogen-bond acceptors (Lipinski definition) is 2. The van der Waals surface area contributed by atoms with E-state index in [4.69, 9.17) is 18.0 Å². The van der Waals surface area contributed by atoms with E-state index in [1.54, 1.807) is 0 Å². The number of rotatable bonds is 3. The molecule has 0 bridgehead atoms. The van der Waals surface area contributed by atoms with Crippen molar-refractivity contribution in [2.75, 3.05) is 5.32 Å². The molecule has 2 aromatic rings. The van der Waals surface area contributed by atoms with Crippen LogP contribution >= 0.6 is 12.2 Å². The van der Waals surface area contributed by atoms with E-state index in [9.17, 15) is 18.0 Å². The third-order valence-electron chi connectivity index (χ3n) is 2.69. The summed E-state index contributed by atoms with van der Waals surface area (Å²) in [7, 11) is 0. The Morgan fingerprint density at radius 2 is 1.48 bits per heavy atom. The largest absolute Gasteiger partial charge is 0.389 e. The molecule has 0 aliphatic heterocycles. The van der Waals surface area contributed by atoms with Crippen LogP contribution in [-0.4, -0.2) is 10.9 Å². The highest BCUT2D eigenvalue weighted by molar-refractivity contribution is 7.80. The Labute approximate surface area is 123 Å². The van der Waals surface area contributed by atoms with E-state index in [-0.39, 0.29) is 10.6 Å². The summed E-state index contributed by atoms with van der Waals surface area (Å²) in [6.45, 7) is 0. The average Bonchev–Trinajstić information content (AvgIpc) is 2.44. The van der Waals surface area contributed by atoms with Crippen LogP contribution in [0.3, 0.4) is 0 Å². The van der Waals surface area contributed by atoms with Crippen molar-refractivity contribution in [3.05, 3.63) is 65.0 Å². The molecule has 0 heterocycles. The number of thiocarbonyl (C=S) groups is 1. The Bertz CT molecular complexity index is 717. The van der Waals surface area contributed by atoms with Crippen molar-refractivity contribution in [2.24, 2.45) is 5.73 Å². The molecule has 0 aliphatic rings. The summed E-state index contributed by atoms with van der Waals surface area (Å²) in [5.74, 6) is -4.32. The van der Waals surface area contributed by atoms with Crippen molar-refractivity contribution in [1.82, 2.24) is 0 Å². The molecule has 0 radical (unpaired) electrons. The van der Waals surface area contributed by atoms with Gasteiger partial charge in [0.1, 0.15) is 10.8 Å². The highest BCUT2D eigenvalue weighted by Gasteiger charge is 2.13. The van der Waals surface area contributed by atoms with Gasteiger partial charge in [0.05, 0.1) is 5.69 Å². The zero-order valence-corrected chi connectivity index (χ0v) is 11.3. The number of benzene rings is 2. The van der Waals surface area contributed by atoms with Gasteiger partial charge in [0.15, 0.2) is 11.6 Å². The second-order valence-corrected chi connectivity index (χ2v) is 4.58. The molecule has 0 aliphatic carbocycles. The fourth-order valence-electron chi connectivity index (χ4n) is 1.60. The molecule has 0 atom stereocenters. The minimum Gasteiger partial charge on any atom is -0.389 e. The molecule has 3 nitrogen and oxygen atoms in total. The lowest BCUT2D eigenvalue weighted by Crippen LogP contribution is -2.14. The van der Waals surface area contributed by atoms with Gasteiger partial charge >= 0.3 is 0 Å². The van der Waals surface area contributed by atoms with E-state index in [1.165, 1.54) is 24.3 Å². The Balaban J connectivity index is 2.22. The lowest BCUT2D eigenvalue weighted by Gasteiger charge is -2.07. The van der Waals surface area contributed by atoms with Gasteiger partial charge in [-0.15, -0.1) is 0 Å². The number of amides is 1. The molecule has 2 rings (SSSR count). The Morgan fingerprint density at radius 3 is 2.05 bits per heavy atom. The topological polar surface area (TPSA) is 55.1 Å². The van der Waals surface area contributed by atoms with Crippen LogP contribution in [0.2, 0.25) is 0 Å². The third-order valence-corrected chi connectivity index (χ3v) is 2.93. The lowest BCUT2D eigenvalue weighted by atomic mass is 10.1. The summed E-state index contributed by atoms with van der Waals surface area (Å²) in [6.07, 6.45) is 0. The third kappa shape index (κ3) is 3.38. The van der Waals surface area contributed by atoms with Crippen LogP contribution in [0.25, 0.3) is 0 Å². The van der Waals surface area contributed by atoms with Crippen molar-refractivity contribution >= 4 is 28.8 Å². The van der Waals surface area contributed by atoms with Gasteiger partial charge in [-0.2, -0.15) is 0 Å². The first-order valence-corrected chi connectivity index (χ1v) is 6.15. The van der Waals surface area contributed by atoms with Crippen LogP contribution in [0.15, 0.2) is 36.4 Å². The molecule has 0 unspecified atom stereocenters. The van der Waals surface area contributed by atoms with Crippen LogP contribution in [0, 0.1) is 17.5 Å². The van der Waals surface area contributed by atoms with Crippen LogP contribution < -0.4 is 11.1 Å². The second-order valence-electron chi connectivity index (χ2n) is 4.14. The van der Waals surface area contributed by atoms with Gasteiger partial charge in [-0.05, 0) is 12.1 Å². The molecule has 0 spiro atoms. The first-order valence-electron chi connectivity index (χ1n) is 5.74. The SMILES string of the molecule is NC(=S)c1ccc(C(=O)Nc2cc(F)c(F)cc2F)cc1. The molecular weight excluding hydrogens is 301 g/mol. The molecule has 3 N–H and O–H groups in total. The van der Waals surface area contributed by atoms with Gasteiger partial charge in [0.25, 0.3) is 5.91 Å². The fourth-order valence-corrected chi connectivity index (χ4v) is 1.73.